The Balaban J connectivity index is 1.96. The Kier molecular flexibility index (Phi) is 5.95. The quantitative estimate of drug-likeness (QED) is 0.629. The van der Waals surface area contributed by atoms with Crippen LogP contribution in [0.1, 0.15) is 50.2 Å². The van der Waals surface area contributed by atoms with Crippen molar-refractivity contribution in [3.8, 4) is 17.2 Å². The van der Waals surface area contributed by atoms with Crippen LogP contribution < -0.4 is 19.1 Å². The normalized spacial score (nSPS) is 19.9. The molecule has 2 aromatic carbocycles. The lowest BCUT2D eigenvalue weighted by atomic mass is 9.69. The van der Waals surface area contributed by atoms with E-state index >= 15 is 0 Å². The third kappa shape index (κ3) is 3.88. The maximum absolute atomic E-state index is 13.7. The number of anilines is 1. The number of amides is 1. The summed E-state index contributed by atoms with van der Waals surface area (Å²) in [7, 11) is 4.68. The van der Waals surface area contributed by atoms with Gasteiger partial charge in [0.15, 0.2) is 17.3 Å². The molecule has 1 amide bonds. The monoisotopic (exact) mass is 449 g/mol. The summed E-state index contributed by atoms with van der Waals surface area (Å²) in [5, 5.41) is 0. The Morgan fingerprint density at radius 1 is 0.909 bits per heavy atom. The second-order valence-corrected chi connectivity index (χ2v) is 9.50. The Hall–Kier alpha value is -3.28. The number of para-hydroxylation sites is 1. The molecule has 6 nitrogen and oxygen atoms in total. The fourth-order valence-electron chi connectivity index (χ4n) is 5.17. The summed E-state index contributed by atoms with van der Waals surface area (Å²) in [6.45, 7) is 6.15. The van der Waals surface area contributed by atoms with E-state index in [1.54, 1.807) is 32.3 Å². The zero-order chi connectivity index (χ0) is 23.9. The van der Waals surface area contributed by atoms with E-state index in [0.29, 0.717) is 35.7 Å². The molecule has 0 saturated heterocycles. The summed E-state index contributed by atoms with van der Waals surface area (Å²) in [6, 6.07) is 11.5. The molecule has 2 aliphatic rings. The highest BCUT2D eigenvalue weighted by Crippen LogP contribution is 2.52. The van der Waals surface area contributed by atoms with Gasteiger partial charge in [0.2, 0.25) is 11.7 Å². The van der Waals surface area contributed by atoms with Crippen LogP contribution in [0.3, 0.4) is 0 Å². The fourth-order valence-corrected chi connectivity index (χ4v) is 5.17. The average Bonchev–Trinajstić information content (AvgIpc) is 2.77. The number of allylic oxidation sites excluding steroid dienone is 2. The molecule has 174 valence electrons. The molecule has 0 radical (unpaired) electrons. The number of ketones is 1. The van der Waals surface area contributed by atoms with Crippen LogP contribution in [0.4, 0.5) is 5.69 Å². The summed E-state index contributed by atoms with van der Waals surface area (Å²) in [5.41, 5.74) is 3.84. The summed E-state index contributed by atoms with van der Waals surface area (Å²) >= 11 is 0. The Labute approximate surface area is 195 Å². The van der Waals surface area contributed by atoms with E-state index < -0.39 is 5.92 Å². The highest BCUT2D eigenvalue weighted by molar-refractivity contribution is 6.08. The molecular weight excluding hydrogens is 418 g/mol. The van der Waals surface area contributed by atoms with Gasteiger partial charge < -0.3 is 14.2 Å². The largest absolute Gasteiger partial charge is 0.493 e. The van der Waals surface area contributed by atoms with E-state index in [-0.39, 0.29) is 23.5 Å². The number of ether oxygens (including phenoxy) is 3. The molecule has 1 aliphatic carbocycles. The highest BCUT2D eigenvalue weighted by Gasteiger charge is 2.45. The van der Waals surface area contributed by atoms with E-state index in [2.05, 4.69) is 13.8 Å². The van der Waals surface area contributed by atoms with Gasteiger partial charge in [0, 0.05) is 35.6 Å². The van der Waals surface area contributed by atoms with Crippen molar-refractivity contribution < 1.29 is 23.8 Å². The first-order chi connectivity index (χ1) is 15.7. The number of rotatable bonds is 5. The molecule has 0 fully saturated rings. The summed E-state index contributed by atoms with van der Waals surface area (Å²) in [4.78, 5) is 29.0. The average molecular weight is 450 g/mol. The van der Waals surface area contributed by atoms with Gasteiger partial charge in [0.25, 0.3) is 0 Å². The van der Waals surface area contributed by atoms with Gasteiger partial charge in [0.05, 0.1) is 27.0 Å². The van der Waals surface area contributed by atoms with Crippen LogP contribution >= 0.6 is 0 Å². The third-order valence-corrected chi connectivity index (χ3v) is 6.61. The Bertz CT molecular complexity index is 1150. The van der Waals surface area contributed by atoms with Crippen molar-refractivity contribution in [3.05, 3.63) is 58.8 Å². The molecule has 0 bridgehead atoms. The van der Waals surface area contributed by atoms with Gasteiger partial charge in [0.1, 0.15) is 0 Å². The molecule has 1 atom stereocenters. The lowest BCUT2D eigenvalue weighted by Crippen LogP contribution is -2.44. The van der Waals surface area contributed by atoms with E-state index in [1.807, 2.05) is 37.3 Å². The molecule has 1 aliphatic heterocycles. The maximum Gasteiger partial charge on any atom is 0.232 e. The first-order valence-electron chi connectivity index (χ1n) is 11.2. The van der Waals surface area contributed by atoms with Gasteiger partial charge in [-0.15, -0.1) is 0 Å². The van der Waals surface area contributed by atoms with Crippen LogP contribution in [-0.4, -0.2) is 33.0 Å². The van der Waals surface area contributed by atoms with Crippen LogP contribution in [0.25, 0.3) is 0 Å². The predicted octanol–water partition coefficient (Wildman–Crippen LogP) is 5.18. The molecule has 2 aromatic rings. The van der Waals surface area contributed by atoms with Crippen molar-refractivity contribution in [2.75, 3.05) is 26.2 Å². The van der Waals surface area contributed by atoms with Gasteiger partial charge in [-0.1, -0.05) is 38.1 Å². The van der Waals surface area contributed by atoms with E-state index in [1.165, 1.54) is 0 Å². The fraction of sp³-hybridized carbons (Fsp3) is 0.407. The molecule has 6 heteroatoms. The zero-order valence-corrected chi connectivity index (χ0v) is 20.2. The lowest BCUT2D eigenvalue weighted by Gasteiger charge is -2.43. The van der Waals surface area contributed by atoms with Crippen molar-refractivity contribution in [2.24, 2.45) is 5.41 Å². The van der Waals surface area contributed by atoms with E-state index in [0.717, 1.165) is 22.5 Å². The minimum absolute atomic E-state index is 0.0320. The van der Waals surface area contributed by atoms with Crippen LogP contribution in [0.5, 0.6) is 17.2 Å². The van der Waals surface area contributed by atoms with Crippen molar-refractivity contribution in [1.29, 1.82) is 0 Å². The molecular formula is C27H31NO5. The first-order valence-corrected chi connectivity index (χ1v) is 11.2. The number of carbonyl (C=O) groups excluding carboxylic acids is 2. The second-order valence-electron chi connectivity index (χ2n) is 9.50. The summed E-state index contributed by atoms with van der Waals surface area (Å²) < 4.78 is 16.7. The Morgan fingerprint density at radius 2 is 1.61 bits per heavy atom. The predicted molar refractivity (Wildman–Crippen MR) is 127 cm³/mol. The SMILES string of the molecule is COc1ccc(C2CC(=O)N(c3ccccc3C)C3=C2C(=O)CC(C)(C)C3)c(OC)c1OC. The number of nitrogens with zero attached hydrogens (tertiary/aromatic N) is 1. The Morgan fingerprint density at radius 3 is 2.24 bits per heavy atom. The van der Waals surface area contributed by atoms with Crippen molar-refractivity contribution >= 4 is 17.4 Å². The van der Waals surface area contributed by atoms with Gasteiger partial charge in [-0.3, -0.25) is 14.5 Å². The van der Waals surface area contributed by atoms with Gasteiger partial charge in [-0.25, -0.2) is 0 Å². The summed E-state index contributed by atoms with van der Waals surface area (Å²) in [5.74, 6) is 1.11. The molecule has 0 spiro atoms. The number of methoxy groups -OCH3 is 3. The summed E-state index contributed by atoms with van der Waals surface area (Å²) in [6.07, 6.45) is 1.25. The number of benzene rings is 2. The molecule has 1 heterocycles. The second kappa shape index (κ2) is 8.58. The topological polar surface area (TPSA) is 65.1 Å². The van der Waals surface area contributed by atoms with Crippen molar-refractivity contribution in [3.63, 3.8) is 0 Å². The molecule has 0 N–H and O–H groups in total. The van der Waals surface area contributed by atoms with Crippen LogP contribution in [0, 0.1) is 12.3 Å². The number of Topliss-reactive ketones (excluding diaryl/α,β-unsaturated/α-hetero) is 1. The van der Waals surface area contributed by atoms with E-state index in [9.17, 15) is 9.59 Å². The molecule has 4 rings (SSSR count). The highest BCUT2D eigenvalue weighted by atomic mass is 16.5. The van der Waals surface area contributed by atoms with Gasteiger partial charge in [-0.05, 0) is 36.5 Å². The standard InChI is InChI=1S/C27H31NO5/c1-16-9-7-8-10-19(16)28-20-14-27(2,3)15-21(29)24(20)18(13-23(28)30)17-11-12-22(31-4)26(33-6)25(17)32-5/h7-12,18H,13-15H2,1-6H3. The van der Waals surface area contributed by atoms with Gasteiger partial charge >= 0.3 is 0 Å². The number of hydrogen-bond donors (Lipinski definition) is 0. The minimum atomic E-state index is -0.411. The van der Waals surface area contributed by atoms with E-state index in [4.69, 9.17) is 14.2 Å². The van der Waals surface area contributed by atoms with Crippen molar-refractivity contribution in [2.45, 2.75) is 46.0 Å². The minimum Gasteiger partial charge on any atom is -0.493 e. The lowest BCUT2D eigenvalue weighted by molar-refractivity contribution is -0.121. The van der Waals surface area contributed by atoms with Crippen LogP contribution in [0.15, 0.2) is 47.7 Å². The van der Waals surface area contributed by atoms with Crippen LogP contribution in [-0.2, 0) is 9.59 Å². The zero-order valence-electron chi connectivity index (χ0n) is 20.2. The third-order valence-electron chi connectivity index (χ3n) is 6.61. The molecule has 33 heavy (non-hydrogen) atoms. The number of aryl methyl sites for hydroxylation is 1. The number of carbonyl (C=O) groups is 2. The molecule has 0 aromatic heterocycles. The number of hydrogen-bond acceptors (Lipinski definition) is 5. The smallest absolute Gasteiger partial charge is 0.232 e. The van der Waals surface area contributed by atoms with Crippen molar-refractivity contribution in [1.82, 2.24) is 0 Å². The van der Waals surface area contributed by atoms with Crippen LogP contribution in [0.2, 0.25) is 0 Å². The molecule has 1 unspecified atom stereocenters. The maximum atomic E-state index is 13.7. The van der Waals surface area contributed by atoms with Gasteiger partial charge in [-0.2, -0.15) is 0 Å². The molecule has 0 saturated carbocycles. The first kappa shape index (κ1) is 22.9.